The van der Waals surface area contributed by atoms with Crippen LogP contribution in [0.15, 0.2) is 30.6 Å². The van der Waals surface area contributed by atoms with E-state index in [0.29, 0.717) is 11.5 Å². The second kappa shape index (κ2) is 11.3. The fourth-order valence-electron chi connectivity index (χ4n) is 3.67. The van der Waals surface area contributed by atoms with E-state index in [4.69, 9.17) is 15.2 Å². The van der Waals surface area contributed by atoms with Gasteiger partial charge in [-0.05, 0) is 37.0 Å². The van der Waals surface area contributed by atoms with Crippen molar-refractivity contribution in [3.8, 4) is 11.5 Å². The number of halogens is 2. The molecule has 162 valence electrons. The lowest BCUT2D eigenvalue weighted by atomic mass is 9.85. The van der Waals surface area contributed by atoms with E-state index in [0.717, 1.165) is 37.1 Å². The summed E-state index contributed by atoms with van der Waals surface area (Å²) >= 11 is 0. The van der Waals surface area contributed by atoms with Crippen molar-refractivity contribution in [2.24, 2.45) is 18.7 Å². The van der Waals surface area contributed by atoms with Gasteiger partial charge in [0, 0.05) is 37.5 Å². The fourth-order valence-corrected chi connectivity index (χ4v) is 3.67. The van der Waals surface area contributed by atoms with Gasteiger partial charge in [-0.1, -0.05) is 6.42 Å². The summed E-state index contributed by atoms with van der Waals surface area (Å²) in [6, 6.07) is 5.29. The monoisotopic (exact) mass is 444 g/mol. The molecule has 3 unspecified atom stereocenters. The van der Waals surface area contributed by atoms with Crippen LogP contribution in [0.5, 0.6) is 11.5 Å². The molecule has 1 heterocycles. The number of aryl methyl sites for hydroxylation is 1. The van der Waals surface area contributed by atoms with Gasteiger partial charge in [0.05, 0.1) is 14.2 Å². The van der Waals surface area contributed by atoms with Crippen LogP contribution in [0.2, 0.25) is 0 Å². The Balaban J connectivity index is 0.00000210. The van der Waals surface area contributed by atoms with Crippen molar-refractivity contribution in [1.82, 2.24) is 14.9 Å². The number of hydrogen-bond donors (Lipinski definition) is 2. The van der Waals surface area contributed by atoms with E-state index in [1.54, 1.807) is 26.5 Å². The molecule has 1 aliphatic rings. The Bertz CT molecular complexity index is 778. The number of nitrogens with zero attached hydrogens (tertiary/aromatic N) is 2. The van der Waals surface area contributed by atoms with Crippen LogP contribution < -0.4 is 20.5 Å². The minimum absolute atomic E-state index is 0. The summed E-state index contributed by atoms with van der Waals surface area (Å²) < 4.78 is 12.7. The van der Waals surface area contributed by atoms with Crippen LogP contribution in [0.4, 0.5) is 0 Å². The van der Waals surface area contributed by atoms with Gasteiger partial charge in [0.25, 0.3) is 0 Å². The lowest BCUT2D eigenvalue weighted by Gasteiger charge is -2.28. The molecular weight excluding hydrogens is 415 g/mol. The van der Waals surface area contributed by atoms with Gasteiger partial charge >= 0.3 is 0 Å². The molecule has 1 aromatic heterocycles. The van der Waals surface area contributed by atoms with Gasteiger partial charge < -0.3 is 25.1 Å². The predicted molar refractivity (Wildman–Crippen MR) is 117 cm³/mol. The first-order valence-electron chi connectivity index (χ1n) is 9.28. The molecule has 1 amide bonds. The highest BCUT2D eigenvalue weighted by Gasteiger charge is 2.29. The number of imidazole rings is 1. The van der Waals surface area contributed by atoms with Crippen molar-refractivity contribution in [3.63, 3.8) is 0 Å². The zero-order chi connectivity index (χ0) is 19.4. The predicted octanol–water partition coefficient (Wildman–Crippen LogP) is 3.00. The van der Waals surface area contributed by atoms with Crippen LogP contribution in [0, 0.1) is 5.92 Å². The second-order valence-corrected chi connectivity index (χ2v) is 7.11. The Kier molecular flexibility index (Phi) is 9.76. The van der Waals surface area contributed by atoms with Crippen LogP contribution in [0.25, 0.3) is 0 Å². The first kappa shape index (κ1) is 25.1. The molecule has 0 aliphatic heterocycles. The number of methoxy groups -OCH3 is 2. The standard InChI is InChI=1S/C20H28N4O3.2ClH/c1-24-8-7-22-19(24)18(14-10-16(26-2)12-17(11-14)27-3)23-20(25)13-5-4-6-15(21)9-13;;/h7-8,10-13,15,18H,4-6,9,21H2,1-3H3,(H,23,25);2*1H. The normalized spacial score (nSPS) is 19.3. The van der Waals surface area contributed by atoms with Gasteiger partial charge in [-0.15, -0.1) is 24.8 Å². The maximum atomic E-state index is 13.0. The Morgan fingerprint density at radius 3 is 2.38 bits per heavy atom. The van der Waals surface area contributed by atoms with E-state index in [-0.39, 0.29) is 42.7 Å². The second-order valence-electron chi connectivity index (χ2n) is 7.11. The molecular formula is C20H30Cl2N4O3. The van der Waals surface area contributed by atoms with Crippen molar-refractivity contribution in [1.29, 1.82) is 0 Å². The lowest BCUT2D eigenvalue weighted by molar-refractivity contribution is -0.126. The van der Waals surface area contributed by atoms with Crippen molar-refractivity contribution >= 4 is 30.7 Å². The highest BCUT2D eigenvalue weighted by atomic mass is 35.5. The SMILES string of the molecule is COc1cc(OC)cc(C(NC(=O)C2CCCC(N)C2)c2nccn2C)c1.Cl.Cl. The van der Waals surface area contributed by atoms with Crippen LogP contribution in [-0.4, -0.2) is 35.7 Å². The summed E-state index contributed by atoms with van der Waals surface area (Å²) in [5, 5.41) is 3.18. The van der Waals surface area contributed by atoms with E-state index < -0.39 is 6.04 Å². The maximum absolute atomic E-state index is 13.0. The molecule has 1 saturated carbocycles. The van der Waals surface area contributed by atoms with E-state index in [1.165, 1.54) is 0 Å². The van der Waals surface area contributed by atoms with Gasteiger partial charge in [-0.25, -0.2) is 4.98 Å². The van der Waals surface area contributed by atoms with Gasteiger partial charge in [-0.3, -0.25) is 4.79 Å². The molecule has 0 spiro atoms. The fraction of sp³-hybridized carbons (Fsp3) is 0.500. The minimum atomic E-state index is -0.403. The third-order valence-corrected chi connectivity index (χ3v) is 5.20. The van der Waals surface area contributed by atoms with Gasteiger partial charge in [0.15, 0.2) is 0 Å². The molecule has 1 fully saturated rings. The van der Waals surface area contributed by atoms with Crippen LogP contribution in [0.1, 0.15) is 43.1 Å². The Morgan fingerprint density at radius 1 is 1.21 bits per heavy atom. The number of aromatic nitrogens is 2. The zero-order valence-corrected chi connectivity index (χ0v) is 18.6. The average Bonchev–Trinajstić information content (AvgIpc) is 3.11. The number of carbonyl (C=O) groups is 1. The number of ether oxygens (including phenoxy) is 2. The van der Waals surface area contributed by atoms with Crippen molar-refractivity contribution in [2.75, 3.05) is 14.2 Å². The van der Waals surface area contributed by atoms with E-state index in [1.807, 2.05) is 29.9 Å². The molecule has 7 nitrogen and oxygen atoms in total. The summed E-state index contributed by atoms with van der Waals surface area (Å²) in [6.45, 7) is 0. The molecule has 29 heavy (non-hydrogen) atoms. The Morgan fingerprint density at radius 2 is 1.86 bits per heavy atom. The first-order valence-corrected chi connectivity index (χ1v) is 9.28. The molecule has 3 N–H and O–H groups in total. The third-order valence-electron chi connectivity index (χ3n) is 5.20. The van der Waals surface area contributed by atoms with E-state index in [9.17, 15) is 4.79 Å². The molecule has 9 heteroatoms. The molecule has 1 aliphatic carbocycles. The highest BCUT2D eigenvalue weighted by molar-refractivity contribution is 5.85. The smallest absolute Gasteiger partial charge is 0.224 e. The lowest BCUT2D eigenvalue weighted by Crippen LogP contribution is -2.40. The summed E-state index contributed by atoms with van der Waals surface area (Å²) in [5.74, 6) is 2.03. The van der Waals surface area contributed by atoms with Crippen LogP contribution in [0.3, 0.4) is 0 Å². The van der Waals surface area contributed by atoms with Crippen molar-refractivity contribution < 1.29 is 14.3 Å². The summed E-state index contributed by atoms with van der Waals surface area (Å²) in [7, 11) is 5.13. The number of nitrogens with two attached hydrogens (primary N) is 1. The maximum Gasteiger partial charge on any atom is 0.224 e. The number of nitrogens with one attached hydrogen (secondary N) is 1. The van der Waals surface area contributed by atoms with Gasteiger partial charge in [-0.2, -0.15) is 0 Å². The summed E-state index contributed by atoms with van der Waals surface area (Å²) in [5.41, 5.74) is 6.93. The van der Waals surface area contributed by atoms with Crippen LogP contribution in [-0.2, 0) is 11.8 Å². The minimum Gasteiger partial charge on any atom is -0.497 e. The Hall–Kier alpha value is -1.96. The molecule has 3 atom stereocenters. The van der Waals surface area contributed by atoms with Crippen molar-refractivity contribution in [3.05, 3.63) is 42.0 Å². The number of benzene rings is 1. The Labute approximate surface area is 184 Å². The quantitative estimate of drug-likeness (QED) is 0.714. The molecule has 0 bridgehead atoms. The van der Waals surface area contributed by atoms with E-state index >= 15 is 0 Å². The van der Waals surface area contributed by atoms with Gasteiger partial charge in [0.2, 0.25) is 5.91 Å². The molecule has 3 rings (SSSR count). The average molecular weight is 445 g/mol. The number of hydrogen-bond acceptors (Lipinski definition) is 5. The first-order chi connectivity index (χ1) is 13.0. The highest BCUT2D eigenvalue weighted by Crippen LogP contribution is 2.31. The number of carbonyl (C=O) groups excluding carboxylic acids is 1. The molecule has 2 aromatic rings. The summed E-state index contributed by atoms with van der Waals surface area (Å²) in [4.78, 5) is 17.4. The van der Waals surface area contributed by atoms with Crippen LogP contribution >= 0.6 is 24.8 Å². The number of amides is 1. The van der Waals surface area contributed by atoms with Gasteiger partial charge in [0.1, 0.15) is 23.4 Å². The molecule has 1 aromatic carbocycles. The van der Waals surface area contributed by atoms with E-state index in [2.05, 4.69) is 10.3 Å². The molecule has 0 radical (unpaired) electrons. The topological polar surface area (TPSA) is 91.4 Å². The number of rotatable bonds is 6. The summed E-state index contributed by atoms with van der Waals surface area (Å²) in [6.07, 6.45) is 7.15. The largest absolute Gasteiger partial charge is 0.497 e. The third kappa shape index (κ3) is 6.01. The molecule has 0 saturated heterocycles. The van der Waals surface area contributed by atoms with Crippen molar-refractivity contribution in [2.45, 2.75) is 37.8 Å². The zero-order valence-electron chi connectivity index (χ0n) is 17.0.